The normalized spacial score (nSPS) is 15.5. The SMILES string of the molecule is CCCCCCCCCCCCCCOc1cccc(N2C(N)=NC(N)=NC2(C)C)c1. The van der Waals surface area contributed by atoms with Crippen molar-refractivity contribution in [1.82, 2.24) is 0 Å². The number of rotatable bonds is 15. The molecule has 0 spiro atoms. The van der Waals surface area contributed by atoms with Gasteiger partial charge in [-0.1, -0.05) is 83.6 Å². The molecular weight excluding hydrogens is 386 g/mol. The van der Waals surface area contributed by atoms with Gasteiger partial charge in [-0.15, -0.1) is 0 Å². The highest BCUT2D eigenvalue weighted by atomic mass is 16.5. The molecule has 0 atom stereocenters. The summed E-state index contributed by atoms with van der Waals surface area (Å²) in [5.74, 6) is 1.39. The van der Waals surface area contributed by atoms with Crippen LogP contribution < -0.4 is 21.1 Å². The van der Waals surface area contributed by atoms with Gasteiger partial charge in [0, 0.05) is 11.8 Å². The molecular formula is C25H43N5O. The van der Waals surface area contributed by atoms with Crippen LogP contribution in [-0.2, 0) is 0 Å². The Bertz CT molecular complexity index is 714. The van der Waals surface area contributed by atoms with Gasteiger partial charge in [-0.2, -0.15) is 4.99 Å². The zero-order valence-corrected chi connectivity index (χ0v) is 19.9. The third-order valence-electron chi connectivity index (χ3n) is 5.74. The molecule has 0 saturated carbocycles. The monoisotopic (exact) mass is 429 g/mol. The highest BCUT2D eigenvalue weighted by molar-refractivity contribution is 6.05. The zero-order valence-electron chi connectivity index (χ0n) is 19.9. The van der Waals surface area contributed by atoms with Gasteiger partial charge in [0.25, 0.3) is 0 Å². The van der Waals surface area contributed by atoms with E-state index >= 15 is 0 Å². The van der Waals surface area contributed by atoms with E-state index in [1.165, 1.54) is 70.6 Å². The van der Waals surface area contributed by atoms with E-state index in [-0.39, 0.29) is 5.96 Å². The van der Waals surface area contributed by atoms with Gasteiger partial charge >= 0.3 is 0 Å². The van der Waals surface area contributed by atoms with Crippen LogP contribution in [0.2, 0.25) is 0 Å². The highest BCUT2D eigenvalue weighted by Crippen LogP contribution is 2.30. The quantitative estimate of drug-likeness (QED) is 0.337. The third kappa shape index (κ3) is 8.80. The maximum atomic E-state index is 6.13. The van der Waals surface area contributed by atoms with Crippen LogP contribution in [-0.4, -0.2) is 24.2 Å². The van der Waals surface area contributed by atoms with Gasteiger partial charge in [0.05, 0.1) is 6.61 Å². The number of aliphatic imine (C=N–C) groups is 2. The van der Waals surface area contributed by atoms with Crippen molar-refractivity contribution in [3.8, 4) is 5.75 Å². The predicted molar refractivity (Wildman–Crippen MR) is 133 cm³/mol. The molecule has 31 heavy (non-hydrogen) atoms. The summed E-state index contributed by atoms with van der Waals surface area (Å²) >= 11 is 0. The lowest BCUT2D eigenvalue weighted by molar-refractivity contribution is 0.304. The van der Waals surface area contributed by atoms with Crippen molar-refractivity contribution in [3.63, 3.8) is 0 Å². The summed E-state index contributed by atoms with van der Waals surface area (Å²) < 4.78 is 5.99. The van der Waals surface area contributed by atoms with Gasteiger partial charge in [0.2, 0.25) is 11.9 Å². The number of hydrogen-bond donors (Lipinski definition) is 2. The van der Waals surface area contributed by atoms with E-state index in [4.69, 9.17) is 16.2 Å². The van der Waals surface area contributed by atoms with Gasteiger partial charge in [0.1, 0.15) is 11.4 Å². The Kier molecular flexibility index (Phi) is 10.7. The first-order valence-corrected chi connectivity index (χ1v) is 12.2. The lowest BCUT2D eigenvalue weighted by Crippen LogP contribution is -2.54. The molecule has 0 aliphatic carbocycles. The first-order valence-electron chi connectivity index (χ1n) is 12.2. The Morgan fingerprint density at radius 2 is 1.45 bits per heavy atom. The van der Waals surface area contributed by atoms with Crippen LogP contribution >= 0.6 is 0 Å². The molecule has 0 fully saturated rings. The fraction of sp³-hybridized carbons (Fsp3) is 0.680. The maximum absolute atomic E-state index is 6.13. The van der Waals surface area contributed by atoms with E-state index in [1.807, 2.05) is 43.0 Å². The van der Waals surface area contributed by atoms with Gasteiger partial charge in [-0.25, -0.2) is 4.99 Å². The Morgan fingerprint density at radius 1 is 0.871 bits per heavy atom. The minimum absolute atomic E-state index is 0.207. The molecule has 1 aromatic rings. The largest absolute Gasteiger partial charge is 0.494 e. The van der Waals surface area contributed by atoms with Crippen molar-refractivity contribution >= 4 is 17.6 Å². The van der Waals surface area contributed by atoms with E-state index < -0.39 is 5.66 Å². The molecule has 4 N–H and O–H groups in total. The summed E-state index contributed by atoms with van der Waals surface area (Å²) in [7, 11) is 0. The van der Waals surface area contributed by atoms with Crippen LogP contribution in [0, 0.1) is 0 Å². The number of ether oxygens (including phenoxy) is 1. The van der Waals surface area contributed by atoms with Crippen molar-refractivity contribution in [3.05, 3.63) is 24.3 Å². The van der Waals surface area contributed by atoms with Crippen molar-refractivity contribution in [2.24, 2.45) is 21.5 Å². The summed E-state index contributed by atoms with van der Waals surface area (Å²) in [5, 5.41) is 0. The molecule has 0 saturated heterocycles. The first-order chi connectivity index (χ1) is 14.9. The van der Waals surface area contributed by atoms with Crippen molar-refractivity contribution < 1.29 is 4.74 Å². The first kappa shape index (κ1) is 25.0. The number of hydrogen-bond acceptors (Lipinski definition) is 6. The molecule has 0 unspecified atom stereocenters. The molecule has 6 heteroatoms. The molecule has 1 aliphatic heterocycles. The molecule has 0 aromatic heterocycles. The number of nitrogens with zero attached hydrogens (tertiary/aromatic N) is 3. The van der Waals surface area contributed by atoms with E-state index in [0.717, 1.165) is 24.5 Å². The standard InChI is InChI=1S/C25H43N5O/c1-4-5-6-7-8-9-10-11-12-13-14-15-19-31-22-18-16-17-21(20-22)30-24(27)28-23(26)29-25(30,2)3/h16-18,20H,4-15,19H2,1-3H3,(H4,26,27,28,29). The lowest BCUT2D eigenvalue weighted by atomic mass is 10.1. The van der Waals surface area contributed by atoms with Crippen molar-refractivity contribution in [2.45, 2.75) is 103 Å². The predicted octanol–water partition coefficient (Wildman–Crippen LogP) is 5.95. The molecule has 0 radical (unpaired) electrons. The van der Waals surface area contributed by atoms with Crippen LogP contribution in [0.15, 0.2) is 34.3 Å². The van der Waals surface area contributed by atoms with Crippen LogP contribution in [0.3, 0.4) is 0 Å². The number of nitrogens with two attached hydrogens (primary N) is 2. The summed E-state index contributed by atoms with van der Waals surface area (Å²) in [6, 6.07) is 7.92. The van der Waals surface area contributed by atoms with E-state index in [0.29, 0.717) is 5.96 Å². The summed E-state index contributed by atoms with van der Waals surface area (Å²) in [6.45, 7) is 6.93. The Morgan fingerprint density at radius 3 is 2.03 bits per heavy atom. The second-order valence-electron chi connectivity index (χ2n) is 9.00. The Balaban J connectivity index is 1.62. The highest BCUT2D eigenvalue weighted by Gasteiger charge is 2.33. The molecule has 1 aromatic carbocycles. The van der Waals surface area contributed by atoms with Crippen LogP contribution in [0.4, 0.5) is 5.69 Å². The van der Waals surface area contributed by atoms with Gasteiger partial charge in [0.15, 0.2) is 0 Å². The maximum Gasteiger partial charge on any atom is 0.220 e. The Labute approximate surface area is 189 Å². The lowest BCUT2D eigenvalue weighted by Gasteiger charge is -2.38. The molecule has 0 amide bonds. The summed E-state index contributed by atoms with van der Waals surface area (Å²) in [4.78, 5) is 10.4. The minimum atomic E-state index is -0.593. The fourth-order valence-corrected chi connectivity index (χ4v) is 4.10. The number of unbranched alkanes of at least 4 members (excludes halogenated alkanes) is 11. The molecule has 0 bridgehead atoms. The van der Waals surface area contributed by atoms with E-state index in [1.54, 1.807) is 0 Å². The van der Waals surface area contributed by atoms with Crippen LogP contribution in [0.5, 0.6) is 5.75 Å². The number of anilines is 1. The molecule has 2 rings (SSSR count). The average Bonchev–Trinajstić information content (AvgIpc) is 2.70. The van der Waals surface area contributed by atoms with Crippen LogP contribution in [0.1, 0.15) is 97.8 Å². The summed E-state index contributed by atoms with van der Waals surface area (Å²) in [6.07, 6.45) is 16.1. The molecule has 1 heterocycles. The second kappa shape index (κ2) is 13.2. The second-order valence-corrected chi connectivity index (χ2v) is 9.00. The summed E-state index contributed by atoms with van der Waals surface area (Å²) in [5.41, 5.74) is 12.2. The number of benzene rings is 1. The molecule has 1 aliphatic rings. The minimum Gasteiger partial charge on any atom is -0.494 e. The van der Waals surface area contributed by atoms with Crippen LogP contribution in [0.25, 0.3) is 0 Å². The fourth-order valence-electron chi connectivity index (χ4n) is 4.10. The molecule has 6 nitrogen and oxygen atoms in total. The van der Waals surface area contributed by atoms with Gasteiger partial charge in [-0.3, -0.25) is 4.90 Å². The molecule has 174 valence electrons. The average molecular weight is 430 g/mol. The van der Waals surface area contributed by atoms with Crippen molar-refractivity contribution in [2.75, 3.05) is 11.5 Å². The Hall–Kier alpha value is -2.24. The topological polar surface area (TPSA) is 89.2 Å². The van der Waals surface area contributed by atoms with E-state index in [2.05, 4.69) is 16.9 Å². The van der Waals surface area contributed by atoms with Gasteiger partial charge < -0.3 is 16.2 Å². The number of guanidine groups is 2. The smallest absolute Gasteiger partial charge is 0.220 e. The zero-order chi connectivity index (χ0) is 22.5. The van der Waals surface area contributed by atoms with Gasteiger partial charge in [-0.05, 0) is 32.4 Å². The van der Waals surface area contributed by atoms with E-state index in [9.17, 15) is 0 Å². The third-order valence-corrected chi connectivity index (χ3v) is 5.74. The van der Waals surface area contributed by atoms with Crippen molar-refractivity contribution in [1.29, 1.82) is 0 Å².